The maximum Gasteiger partial charge on any atom is 0.314 e. The first-order valence-electron chi connectivity index (χ1n) is 13.1. The molecule has 0 N–H and O–H groups in total. The minimum absolute atomic E-state index is 0.0000926. The lowest BCUT2D eigenvalue weighted by molar-refractivity contribution is -0.141. The zero-order chi connectivity index (χ0) is 27.7. The summed E-state index contributed by atoms with van der Waals surface area (Å²) in [4.78, 5) is 42.7. The van der Waals surface area contributed by atoms with Crippen LogP contribution in [0.4, 0.5) is 0 Å². The number of rotatable bonds is 0. The first kappa shape index (κ1) is 28.9. The van der Waals surface area contributed by atoms with Crippen molar-refractivity contribution >= 4 is 23.9 Å². The minimum atomic E-state index is -0.124. The van der Waals surface area contributed by atoms with Gasteiger partial charge in [0, 0.05) is 5.92 Å². The molecular formula is C30H36O8. The van der Waals surface area contributed by atoms with Gasteiger partial charge in [-0.2, -0.15) is 0 Å². The van der Waals surface area contributed by atoms with E-state index < -0.39 is 0 Å². The second-order valence-corrected chi connectivity index (χ2v) is 10.1. The van der Waals surface area contributed by atoms with E-state index in [-0.39, 0.29) is 35.7 Å². The molecule has 2 saturated heterocycles. The highest BCUT2D eigenvalue weighted by Crippen LogP contribution is 2.33. The van der Waals surface area contributed by atoms with Crippen LogP contribution in [0.1, 0.15) is 64.0 Å². The van der Waals surface area contributed by atoms with E-state index in [4.69, 9.17) is 9.47 Å². The molecule has 2 fully saturated rings. The maximum absolute atomic E-state index is 11.1. The molecule has 4 atom stereocenters. The molecule has 204 valence electrons. The summed E-state index contributed by atoms with van der Waals surface area (Å²) in [6.07, 6.45) is 2.81. The van der Waals surface area contributed by atoms with Gasteiger partial charge in [0.1, 0.15) is 11.5 Å². The number of hydrogen-bond donors (Lipinski definition) is 0. The van der Waals surface area contributed by atoms with Gasteiger partial charge in [0.15, 0.2) is 0 Å². The summed E-state index contributed by atoms with van der Waals surface area (Å²) >= 11 is 0. The summed E-state index contributed by atoms with van der Waals surface area (Å²) in [6.45, 7) is 9.07. The van der Waals surface area contributed by atoms with Crippen molar-refractivity contribution in [3.63, 3.8) is 0 Å². The SMILES string of the molecule is CC1CC(=O)Oc2ccccc21.CC1CCOC1=O.CC1COC(=O)C1.CC1Cc2ccccc2OC1=O. The van der Waals surface area contributed by atoms with Crippen LogP contribution >= 0.6 is 0 Å². The van der Waals surface area contributed by atoms with Crippen LogP contribution < -0.4 is 9.47 Å². The minimum Gasteiger partial charge on any atom is -0.465 e. The predicted octanol–water partition coefficient (Wildman–Crippen LogP) is 5.02. The van der Waals surface area contributed by atoms with Gasteiger partial charge in [0.2, 0.25) is 0 Å². The van der Waals surface area contributed by atoms with Crippen molar-refractivity contribution < 1.29 is 38.1 Å². The topological polar surface area (TPSA) is 105 Å². The van der Waals surface area contributed by atoms with Crippen molar-refractivity contribution in [3.05, 3.63) is 59.7 Å². The lowest BCUT2D eigenvalue weighted by Gasteiger charge is -2.20. The van der Waals surface area contributed by atoms with Crippen LogP contribution in [0, 0.1) is 17.8 Å². The van der Waals surface area contributed by atoms with E-state index in [9.17, 15) is 19.2 Å². The average Bonchev–Trinajstić information content (AvgIpc) is 3.46. The van der Waals surface area contributed by atoms with E-state index in [1.165, 1.54) is 0 Å². The molecule has 0 saturated carbocycles. The smallest absolute Gasteiger partial charge is 0.314 e. The summed E-state index contributed by atoms with van der Waals surface area (Å²) in [5.74, 6) is 2.01. The zero-order valence-corrected chi connectivity index (χ0v) is 22.4. The molecule has 0 amide bonds. The van der Waals surface area contributed by atoms with Gasteiger partial charge in [-0.3, -0.25) is 19.2 Å². The van der Waals surface area contributed by atoms with Gasteiger partial charge in [-0.25, -0.2) is 0 Å². The maximum atomic E-state index is 11.1. The molecule has 0 radical (unpaired) electrons. The summed E-state index contributed by atoms with van der Waals surface area (Å²) in [7, 11) is 0. The zero-order valence-electron chi connectivity index (χ0n) is 22.4. The van der Waals surface area contributed by atoms with Crippen molar-refractivity contribution in [2.75, 3.05) is 13.2 Å². The first-order chi connectivity index (χ1) is 18.1. The third-order valence-corrected chi connectivity index (χ3v) is 6.50. The number of benzene rings is 2. The molecule has 0 aromatic heterocycles. The number of carbonyl (C=O) groups excluding carboxylic acids is 4. The molecule has 2 aromatic rings. The fourth-order valence-electron chi connectivity index (χ4n) is 4.13. The van der Waals surface area contributed by atoms with Crippen LogP contribution in [0.15, 0.2) is 48.5 Å². The van der Waals surface area contributed by atoms with Crippen molar-refractivity contribution in [2.45, 2.75) is 59.3 Å². The number of esters is 4. The second kappa shape index (κ2) is 13.7. The van der Waals surface area contributed by atoms with E-state index in [0.717, 1.165) is 35.5 Å². The number of hydrogen-bond acceptors (Lipinski definition) is 8. The fourth-order valence-corrected chi connectivity index (χ4v) is 4.13. The largest absolute Gasteiger partial charge is 0.465 e. The Kier molecular flexibility index (Phi) is 10.4. The summed E-state index contributed by atoms with van der Waals surface area (Å²) in [5.41, 5.74) is 2.27. The van der Waals surface area contributed by atoms with Crippen LogP contribution in [0.2, 0.25) is 0 Å². The number of para-hydroxylation sites is 2. The molecule has 2 aromatic carbocycles. The van der Waals surface area contributed by atoms with Crippen LogP contribution in [-0.2, 0) is 35.1 Å². The molecular weight excluding hydrogens is 488 g/mol. The van der Waals surface area contributed by atoms with Crippen LogP contribution in [0.25, 0.3) is 0 Å². The van der Waals surface area contributed by atoms with Crippen molar-refractivity contribution in [3.8, 4) is 11.5 Å². The molecule has 4 heterocycles. The Balaban J connectivity index is 0.000000145. The summed E-state index contributed by atoms with van der Waals surface area (Å²) in [5, 5.41) is 0. The lowest BCUT2D eigenvalue weighted by Crippen LogP contribution is -2.24. The van der Waals surface area contributed by atoms with Gasteiger partial charge in [0.25, 0.3) is 0 Å². The van der Waals surface area contributed by atoms with E-state index in [1.54, 1.807) is 0 Å². The van der Waals surface area contributed by atoms with Crippen molar-refractivity contribution in [2.24, 2.45) is 17.8 Å². The van der Waals surface area contributed by atoms with Gasteiger partial charge < -0.3 is 18.9 Å². The highest BCUT2D eigenvalue weighted by molar-refractivity contribution is 5.77. The predicted molar refractivity (Wildman–Crippen MR) is 140 cm³/mol. The molecule has 0 aliphatic carbocycles. The van der Waals surface area contributed by atoms with Gasteiger partial charge in [-0.15, -0.1) is 0 Å². The average molecular weight is 525 g/mol. The highest BCUT2D eigenvalue weighted by atomic mass is 16.5. The highest BCUT2D eigenvalue weighted by Gasteiger charge is 2.24. The Hall–Kier alpha value is -3.68. The third kappa shape index (κ3) is 8.43. The van der Waals surface area contributed by atoms with Crippen LogP contribution in [0.5, 0.6) is 11.5 Å². The Morgan fingerprint density at radius 3 is 1.87 bits per heavy atom. The Morgan fingerprint density at radius 2 is 1.32 bits per heavy atom. The molecule has 0 spiro atoms. The molecule has 6 rings (SSSR count). The Bertz CT molecular complexity index is 1140. The normalized spacial score (nSPS) is 24.7. The van der Waals surface area contributed by atoms with Gasteiger partial charge in [0.05, 0.1) is 37.9 Å². The van der Waals surface area contributed by atoms with E-state index in [1.807, 2.05) is 76.2 Å². The Labute approximate surface area is 223 Å². The molecule has 38 heavy (non-hydrogen) atoms. The second-order valence-electron chi connectivity index (χ2n) is 10.1. The quantitative estimate of drug-likeness (QED) is 0.349. The van der Waals surface area contributed by atoms with Gasteiger partial charge in [-0.05, 0) is 42.0 Å². The molecule has 8 nitrogen and oxygen atoms in total. The van der Waals surface area contributed by atoms with E-state index >= 15 is 0 Å². The Morgan fingerprint density at radius 1 is 0.632 bits per heavy atom. The standard InChI is InChI=1S/2C10H10O2.2C5H8O2/c1-7-6-10(11)12-9-5-3-2-4-8(7)9;1-7-6-8-4-2-3-5-9(8)12-10(7)11;1-4-2-5(6)7-3-4;1-4-2-3-7-5(4)6/h2*2-5,7H,6H2,1H3;2*4H,2-3H2,1H3. The number of ether oxygens (including phenoxy) is 4. The van der Waals surface area contributed by atoms with Crippen LogP contribution in [0.3, 0.4) is 0 Å². The monoisotopic (exact) mass is 524 g/mol. The number of fused-ring (bicyclic) bond motifs is 2. The number of carbonyl (C=O) groups is 4. The van der Waals surface area contributed by atoms with Crippen LogP contribution in [-0.4, -0.2) is 37.1 Å². The van der Waals surface area contributed by atoms with E-state index in [0.29, 0.717) is 37.9 Å². The van der Waals surface area contributed by atoms with E-state index in [2.05, 4.69) is 9.47 Å². The molecule has 0 bridgehead atoms. The van der Waals surface area contributed by atoms with Crippen molar-refractivity contribution in [1.29, 1.82) is 0 Å². The molecule has 4 aliphatic rings. The van der Waals surface area contributed by atoms with Gasteiger partial charge >= 0.3 is 23.9 Å². The first-order valence-corrected chi connectivity index (χ1v) is 13.1. The molecule has 4 aliphatic heterocycles. The van der Waals surface area contributed by atoms with Crippen molar-refractivity contribution in [1.82, 2.24) is 0 Å². The lowest BCUT2D eigenvalue weighted by atomic mass is 9.95. The fraction of sp³-hybridized carbons (Fsp3) is 0.467. The summed E-state index contributed by atoms with van der Waals surface area (Å²) in [6, 6.07) is 15.4. The van der Waals surface area contributed by atoms with Gasteiger partial charge in [-0.1, -0.05) is 64.1 Å². The number of cyclic esters (lactones) is 2. The molecule has 8 heteroatoms. The summed E-state index contributed by atoms with van der Waals surface area (Å²) < 4.78 is 19.4. The molecule has 4 unspecified atom stereocenters. The third-order valence-electron chi connectivity index (χ3n) is 6.50.